The van der Waals surface area contributed by atoms with Crippen molar-refractivity contribution in [2.75, 3.05) is 7.05 Å². The van der Waals surface area contributed by atoms with E-state index < -0.39 is 0 Å². The number of thiophene rings is 1. The minimum absolute atomic E-state index is 0.240. The molecule has 2 aromatic rings. The Bertz CT molecular complexity index is 462. The van der Waals surface area contributed by atoms with E-state index in [1.165, 1.54) is 4.88 Å². The summed E-state index contributed by atoms with van der Waals surface area (Å²) in [4.78, 5) is 5.75. The first-order chi connectivity index (χ1) is 8.74. The van der Waals surface area contributed by atoms with Crippen LogP contribution in [0.15, 0.2) is 22.0 Å². The summed E-state index contributed by atoms with van der Waals surface area (Å²) in [6.07, 6.45) is 1.80. The third kappa shape index (κ3) is 2.97. The Balaban J connectivity index is 2.05. The minimum Gasteiger partial charge on any atom is -0.339 e. The lowest BCUT2D eigenvalue weighted by molar-refractivity contribution is 0.324. The maximum Gasteiger partial charge on any atom is 0.231 e. The molecule has 0 saturated heterocycles. The number of hydrogen-bond donors (Lipinski definition) is 1. The lowest BCUT2D eigenvalue weighted by atomic mass is 10.00. The molecule has 0 saturated carbocycles. The molecule has 2 atom stereocenters. The highest BCUT2D eigenvalue weighted by molar-refractivity contribution is 7.09. The van der Waals surface area contributed by atoms with Crippen molar-refractivity contribution < 1.29 is 4.52 Å². The molecule has 0 aliphatic carbocycles. The number of hydrogen-bond acceptors (Lipinski definition) is 5. The van der Waals surface area contributed by atoms with E-state index in [4.69, 9.17) is 4.52 Å². The molecule has 0 aromatic carbocycles. The number of rotatable bonds is 6. The predicted molar refractivity (Wildman–Crippen MR) is 73.0 cm³/mol. The zero-order chi connectivity index (χ0) is 13.0. The monoisotopic (exact) mass is 265 g/mol. The molecular formula is C13H19N3OS. The topological polar surface area (TPSA) is 51.0 Å². The molecule has 0 amide bonds. The molecule has 2 rings (SSSR count). The second kappa shape index (κ2) is 6.11. The third-order valence-electron chi connectivity index (χ3n) is 3.20. The summed E-state index contributed by atoms with van der Waals surface area (Å²) in [7, 11) is 1.97. The molecule has 4 nitrogen and oxygen atoms in total. The van der Waals surface area contributed by atoms with Gasteiger partial charge < -0.3 is 9.84 Å². The van der Waals surface area contributed by atoms with E-state index in [0.717, 1.165) is 24.6 Å². The highest BCUT2D eigenvalue weighted by Crippen LogP contribution is 2.20. The average Bonchev–Trinajstić information content (AvgIpc) is 3.02. The van der Waals surface area contributed by atoms with Crippen molar-refractivity contribution in [1.29, 1.82) is 0 Å². The number of nitrogens with one attached hydrogen (secondary N) is 1. The summed E-state index contributed by atoms with van der Waals surface area (Å²) >= 11 is 1.72. The van der Waals surface area contributed by atoms with Crippen LogP contribution in [0.2, 0.25) is 0 Å². The molecule has 0 aliphatic heterocycles. The van der Waals surface area contributed by atoms with Crippen molar-refractivity contribution in [2.45, 2.75) is 38.6 Å². The van der Waals surface area contributed by atoms with Crippen LogP contribution in [0.5, 0.6) is 0 Å². The summed E-state index contributed by atoms with van der Waals surface area (Å²) in [5.74, 6) is 1.73. The minimum atomic E-state index is 0.240. The fourth-order valence-electron chi connectivity index (χ4n) is 2.07. The highest BCUT2D eigenvalue weighted by atomic mass is 32.1. The van der Waals surface area contributed by atoms with Crippen LogP contribution >= 0.6 is 11.3 Å². The van der Waals surface area contributed by atoms with E-state index in [1.807, 2.05) is 13.1 Å². The Morgan fingerprint density at radius 1 is 1.50 bits per heavy atom. The van der Waals surface area contributed by atoms with E-state index in [2.05, 4.69) is 40.8 Å². The molecule has 0 fully saturated rings. The summed E-state index contributed by atoms with van der Waals surface area (Å²) in [6, 6.07) is 4.50. The van der Waals surface area contributed by atoms with Crippen molar-refractivity contribution >= 4 is 11.3 Å². The molecule has 1 N–H and O–H groups in total. The molecule has 98 valence electrons. The van der Waals surface area contributed by atoms with Crippen LogP contribution in [0.1, 0.15) is 42.8 Å². The van der Waals surface area contributed by atoms with Crippen LogP contribution in [0, 0.1) is 0 Å². The molecule has 2 unspecified atom stereocenters. The van der Waals surface area contributed by atoms with Gasteiger partial charge in [0, 0.05) is 17.3 Å². The number of nitrogens with zero attached hydrogens (tertiary/aromatic N) is 2. The van der Waals surface area contributed by atoms with Gasteiger partial charge in [-0.2, -0.15) is 4.98 Å². The zero-order valence-electron chi connectivity index (χ0n) is 11.0. The van der Waals surface area contributed by atoms with E-state index in [0.29, 0.717) is 6.04 Å². The van der Waals surface area contributed by atoms with Crippen molar-refractivity contribution in [3.8, 4) is 0 Å². The SMILES string of the molecule is CCC(NC)C(C)c1nc(Cc2cccs2)no1. The van der Waals surface area contributed by atoms with Crippen LogP contribution in [0.25, 0.3) is 0 Å². The first kappa shape index (κ1) is 13.2. The van der Waals surface area contributed by atoms with Gasteiger partial charge in [-0.25, -0.2) is 0 Å². The van der Waals surface area contributed by atoms with Crippen molar-refractivity contribution in [3.63, 3.8) is 0 Å². The fraction of sp³-hybridized carbons (Fsp3) is 0.538. The lowest BCUT2D eigenvalue weighted by Crippen LogP contribution is -2.30. The Morgan fingerprint density at radius 3 is 2.94 bits per heavy atom. The van der Waals surface area contributed by atoms with Gasteiger partial charge in [0.05, 0.1) is 5.92 Å². The normalized spacial score (nSPS) is 14.6. The molecule has 5 heteroatoms. The van der Waals surface area contributed by atoms with Gasteiger partial charge >= 0.3 is 0 Å². The maximum atomic E-state index is 5.36. The van der Waals surface area contributed by atoms with Gasteiger partial charge in [0.1, 0.15) is 0 Å². The second-order valence-corrected chi connectivity index (χ2v) is 5.43. The Labute approximate surface area is 111 Å². The largest absolute Gasteiger partial charge is 0.339 e. The predicted octanol–water partition coefficient (Wildman–Crippen LogP) is 2.82. The van der Waals surface area contributed by atoms with Gasteiger partial charge in [-0.1, -0.05) is 25.1 Å². The van der Waals surface area contributed by atoms with Gasteiger partial charge in [-0.05, 0) is 24.9 Å². The fourth-order valence-corrected chi connectivity index (χ4v) is 2.77. The van der Waals surface area contributed by atoms with E-state index in [-0.39, 0.29) is 5.92 Å². The molecule has 2 heterocycles. The zero-order valence-corrected chi connectivity index (χ0v) is 11.8. The van der Waals surface area contributed by atoms with Crippen LogP contribution < -0.4 is 5.32 Å². The van der Waals surface area contributed by atoms with Crippen LogP contribution in [-0.2, 0) is 6.42 Å². The average molecular weight is 265 g/mol. The first-order valence-corrected chi connectivity index (χ1v) is 7.14. The molecule has 2 aromatic heterocycles. The van der Waals surface area contributed by atoms with E-state index in [1.54, 1.807) is 11.3 Å². The van der Waals surface area contributed by atoms with Crippen molar-refractivity contribution in [3.05, 3.63) is 34.1 Å². The standard InChI is InChI=1S/C13H19N3OS/c1-4-11(14-3)9(2)13-15-12(16-17-13)8-10-6-5-7-18-10/h5-7,9,11,14H,4,8H2,1-3H3. The Hall–Kier alpha value is -1.20. The quantitative estimate of drug-likeness (QED) is 0.872. The lowest BCUT2D eigenvalue weighted by Gasteiger charge is -2.18. The second-order valence-electron chi connectivity index (χ2n) is 4.40. The van der Waals surface area contributed by atoms with Crippen LogP contribution in [-0.4, -0.2) is 23.2 Å². The summed E-state index contributed by atoms with van der Waals surface area (Å²) in [6.45, 7) is 4.27. The van der Waals surface area contributed by atoms with Gasteiger partial charge in [0.25, 0.3) is 0 Å². The Morgan fingerprint density at radius 2 is 2.33 bits per heavy atom. The molecule has 18 heavy (non-hydrogen) atoms. The van der Waals surface area contributed by atoms with E-state index in [9.17, 15) is 0 Å². The third-order valence-corrected chi connectivity index (χ3v) is 4.08. The Kier molecular flexibility index (Phi) is 4.49. The molecule has 0 bridgehead atoms. The van der Waals surface area contributed by atoms with Crippen LogP contribution in [0.3, 0.4) is 0 Å². The van der Waals surface area contributed by atoms with Gasteiger partial charge in [0.15, 0.2) is 5.82 Å². The first-order valence-electron chi connectivity index (χ1n) is 6.26. The molecular weight excluding hydrogens is 246 g/mol. The highest BCUT2D eigenvalue weighted by Gasteiger charge is 2.21. The number of aromatic nitrogens is 2. The number of likely N-dealkylation sites (N-methyl/N-ethyl adjacent to an activating group) is 1. The van der Waals surface area contributed by atoms with Gasteiger partial charge in [-0.15, -0.1) is 11.3 Å². The maximum absolute atomic E-state index is 5.36. The molecule has 0 spiro atoms. The van der Waals surface area contributed by atoms with E-state index >= 15 is 0 Å². The van der Waals surface area contributed by atoms with Crippen LogP contribution in [0.4, 0.5) is 0 Å². The van der Waals surface area contributed by atoms with Gasteiger partial charge in [0.2, 0.25) is 5.89 Å². The van der Waals surface area contributed by atoms with Crippen molar-refractivity contribution in [1.82, 2.24) is 15.5 Å². The van der Waals surface area contributed by atoms with Gasteiger partial charge in [-0.3, -0.25) is 0 Å². The van der Waals surface area contributed by atoms with Crippen molar-refractivity contribution in [2.24, 2.45) is 0 Å². The summed E-state index contributed by atoms with van der Waals surface area (Å²) < 4.78 is 5.36. The molecule has 0 aliphatic rings. The smallest absolute Gasteiger partial charge is 0.231 e. The summed E-state index contributed by atoms with van der Waals surface area (Å²) in [5, 5.41) is 9.40. The molecule has 0 radical (unpaired) electrons. The summed E-state index contributed by atoms with van der Waals surface area (Å²) in [5.41, 5.74) is 0.